The van der Waals surface area contributed by atoms with Crippen molar-refractivity contribution >= 4 is 5.69 Å². The first kappa shape index (κ1) is 14.8. The van der Waals surface area contributed by atoms with Gasteiger partial charge >= 0.3 is 0 Å². The first-order chi connectivity index (χ1) is 9.47. The van der Waals surface area contributed by atoms with Crippen LogP contribution in [0, 0.1) is 35.9 Å². The van der Waals surface area contributed by atoms with E-state index in [4.69, 9.17) is 0 Å². The van der Waals surface area contributed by atoms with Crippen molar-refractivity contribution in [2.45, 2.75) is 52.0 Å². The minimum absolute atomic E-state index is 0.252. The summed E-state index contributed by atoms with van der Waals surface area (Å²) in [6, 6.07) is 7.40. The van der Waals surface area contributed by atoms with Crippen molar-refractivity contribution in [3.05, 3.63) is 29.6 Å². The third-order valence-electron chi connectivity index (χ3n) is 4.38. The fourth-order valence-corrected chi connectivity index (χ4v) is 3.49. The number of hydrogen-bond acceptors (Lipinski definition) is 2. The van der Waals surface area contributed by atoms with Crippen LogP contribution in [-0.4, -0.2) is 5.54 Å². The van der Waals surface area contributed by atoms with Crippen LogP contribution in [0.1, 0.15) is 45.1 Å². The van der Waals surface area contributed by atoms with Crippen LogP contribution >= 0.6 is 0 Å². The molecule has 0 aromatic heterocycles. The molecule has 1 N–H and O–H groups in total. The van der Waals surface area contributed by atoms with E-state index in [-0.39, 0.29) is 5.82 Å². The molecule has 2 nitrogen and oxygen atoms in total. The molecule has 20 heavy (non-hydrogen) atoms. The van der Waals surface area contributed by atoms with Crippen molar-refractivity contribution in [2.24, 2.45) is 11.8 Å². The maximum absolute atomic E-state index is 13.5. The minimum Gasteiger partial charge on any atom is -0.367 e. The lowest BCUT2D eigenvalue weighted by Gasteiger charge is -2.42. The topological polar surface area (TPSA) is 35.8 Å². The molecule has 1 fully saturated rings. The number of nitrogens with one attached hydrogen (secondary N) is 1. The van der Waals surface area contributed by atoms with E-state index in [2.05, 4.69) is 25.2 Å². The zero-order valence-electron chi connectivity index (χ0n) is 12.5. The number of rotatable bonds is 3. The van der Waals surface area contributed by atoms with Gasteiger partial charge in [0.15, 0.2) is 0 Å². The van der Waals surface area contributed by atoms with Crippen molar-refractivity contribution in [3.63, 3.8) is 0 Å². The molecule has 0 heterocycles. The summed E-state index contributed by atoms with van der Waals surface area (Å²) < 4.78 is 13.5. The van der Waals surface area contributed by atoms with Crippen LogP contribution in [0.5, 0.6) is 0 Å². The molecule has 108 valence electrons. The Morgan fingerprint density at radius 2 is 2.10 bits per heavy atom. The van der Waals surface area contributed by atoms with E-state index in [1.807, 2.05) is 13.0 Å². The minimum atomic E-state index is -0.563. The van der Waals surface area contributed by atoms with Gasteiger partial charge in [-0.3, -0.25) is 0 Å². The van der Waals surface area contributed by atoms with Gasteiger partial charge in [-0.25, -0.2) is 4.39 Å². The highest BCUT2D eigenvalue weighted by molar-refractivity contribution is 5.50. The molecule has 0 saturated heterocycles. The Labute approximate surface area is 121 Å². The summed E-state index contributed by atoms with van der Waals surface area (Å²) in [7, 11) is 0. The predicted molar refractivity (Wildman–Crippen MR) is 79.9 cm³/mol. The van der Waals surface area contributed by atoms with Crippen molar-refractivity contribution < 1.29 is 4.39 Å². The van der Waals surface area contributed by atoms with Crippen LogP contribution in [0.25, 0.3) is 0 Å². The summed E-state index contributed by atoms with van der Waals surface area (Å²) in [6.07, 6.45) is 4.13. The van der Waals surface area contributed by atoms with Gasteiger partial charge in [0.05, 0.1) is 6.07 Å². The molecule has 0 amide bonds. The van der Waals surface area contributed by atoms with Crippen LogP contribution in [0.15, 0.2) is 18.2 Å². The summed E-state index contributed by atoms with van der Waals surface area (Å²) in [4.78, 5) is 0. The molecule has 0 spiro atoms. The molecule has 0 bridgehead atoms. The van der Waals surface area contributed by atoms with E-state index < -0.39 is 5.54 Å². The van der Waals surface area contributed by atoms with Gasteiger partial charge in [0.2, 0.25) is 0 Å². The smallest absolute Gasteiger partial charge is 0.128 e. The monoisotopic (exact) mass is 274 g/mol. The normalized spacial score (nSPS) is 26.3. The molecule has 0 aliphatic heterocycles. The fraction of sp³-hybridized carbons (Fsp3) is 0.588. The average molecular weight is 274 g/mol. The molecule has 2 atom stereocenters. The number of halogens is 1. The zero-order chi connectivity index (χ0) is 14.8. The van der Waals surface area contributed by atoms with Gasteiger partial charge in [0.1, 0.15) is 11.4 Å². The van der Waals surface area contributed by atoms with E-state index in [1.165, 1.54) is 18.6 Å². The average Bonchev–Trinajstić information content (AvgIpc) is 2.37. The first-order valence-electron chi connectivity index (χ1n) is 7.43. The standard InChI is InChI=1S/C17H23FN2/c1-12(2)16-6-4-5-7-17(16,11-19)20-15-9-13(3)8-14(18)10-15/h8-10,12,16,20H,4-7H2,1-3H3. The lowest BCUT2D eigenvalue weighted by Crippen LogP contribution is -2.48. The Kier molecular flexibility index (Phi) is 4.32. The molecular formula is C17H23FN2. The molecule has 1 aromatic carbocycles. The third kappa shape index (κ3) is 2.95. The Morgan fingerprint density at radius 3 is 2.70 bits per heavy atom. The van der Waals surface area contributed by atoms with Gasteiger partial charge in [-0.2, -0.15) is 5.26 Å². The molecule has 1 aliphatic rings. The summed E-state index contributed by atoms with van der Waals surface area (Å²) in [6.45, 7) is 6.20. The van der Waals surface area contributed by atoms with Gasteiger partial charge in [0.25, 0.3) is 0 Å². The Bertz CT molecular complexity index is 498. The van der Waals surface area contributed by atoms with Crippen LogP contribution < -0.4 is 5.32 Å². The van der Waals surface area contributed by atoms with E-state index >= 15 is 0 Å². The number of hydrogen-bond donors (Lipinski definition) is 1. The zero-order valence-corrected chi connectivity index (χ0v) is 12.5. The lowest BCUT2D eigenvalue weighted by molar-refractivity contribution is 0.205. The van der Waals surface area contributed by atoms with Crippen molar-refractivity contribution in [1.82, 2.24) is 0 Å². The number of benzene rings is 1. The molecule has 2 rings (SSSR count). The second-order valence-corrected chi connectivity index (χ2v) is 6.32. The molecule has 0 radical (unpaired) electrons. The predicted octanol–water partition coefficient (Wildman–Crippen LogP) is 4.65. The lowest BCUT2D eigenvalue weighted by atomic mass is 9.68. The summed E-state index contributed by atoms with van der Waals surface area (Å²) in [5, 5.41) is 13.1. The summed E-state index contributed by atoms with van der Waals surface area (Å²) >= 11 is 0. The van der Waals surface area contributed by atoms with Gasteiger partial charge in [-0.15, -0.1) is 0 Å². The third-order valence-corrected chi connectivity index (χ3v) is 4.38. The number of nitrogens with zero attached hydrogens (tertiary/aromatic N) is 1. The van der Waals surface area contributed by atoms with Crippen LogP contribution in [0.3, 0.4) is 0 Å². The van der Waals surface area contributed by atoms with Gasteiger partial charge < -0.3 is 5.32 Å². The van der Waals surface area contributed by atoms with Crippen molar-refractivity contribution in [3.8, 4) is 6.07 Å². The van der Waals surface area contributed by atoms with Crippen LogP contribution in [-0.2, 0) is 0 Å². The number of anilines is 1. The highest BCUT2D eigenvalue weighted by Gasteiger charge is 2.42. The highest BCUT2D eigenvalue weighted by atomic mass is 19.1. The second-order valence-electron chi connectivity index (χ2n) is 6.32. The fourth-order valence-electron chi connectivity index (χ4n) is 3.49. The quantitative estimate of drug-likeness (QED) is 0.870. The summed E-state index contributed by atoms with van der Waals surface area (Å²) in [5.41, 5.74) is 1.03. The first-order valence-corrected chi connectivity index (χ1v) is 7.43. The van der Waals surface area contributed by atoms with Crippen molar-refractivity contribution in [2.75, 3.05) is 5.32 Å². The maximum Gasteiger partial charge on any atom is 0.128 e. The number of aryl methyl sites for hydroxylation is 1. The van der Waals surface area contributed by atoms with Crippen LogP contribution in [0.4, 0.5) is 10.1 Å². The number of nitriles is 1. The highest BCUT2D eigenvalue weighted by Crippen LogP contribution is 2.40. The van der Waals surface area contributed by atoms with E-state index in [9.17, 15) is 9.65 Å². The maximum atomic E-state index is 13.5. The van der Waals surface area contributed by atoms with Crippen molar-refractivity contribution in [1.29, 1.82) is 5.26 Å². The second kappa shape index (κ2) is 5.83. The SMILES string of the molecule is Cc1cc(F)cc(NC2(C#N)CCCCC2C(C)C)c1. The largest absolute Gasteiger partial charge is 0.367 e. The molecule has 2 unspecified atom stereocenters. The molecule has 1 aliphatic carbocycles. The van der Waals surface area contributed by atoms with Crippen LogP contribution in [0.2, 0.25) is 0 Å². The Morgan fingerprint density at radius 1 is 1.35 bits per heavy atom. The van der Waals surface area contributed by atoms with E-state index in [0.717, 1.165) is 30.5 Å². The van der Waals surface area contributed by atoms with E-state index in [1.54, 1.807) is 0 Å². The van der Waals surface area contributed by atoms with Gasteiger partial charge in [0, 0.05) is 5.69 Å². The molecule has 1 saturated carbocycles. The summed E-state index contributed by atoms with van der Waals surface area (Å²) in [5.74, 6) is 0.499. The van der Waals surface area contributed by atoms with E-state index in [0.29, 0.717) is 11.8 Å². The molecular weight excluding hydrogens is 251 g/mol. The van der Waals surface area contributed by atoms with Gasteiger partial charge in [-0.1, -0.05) is 26.7 Å². The molecule has 1 aromatic rings. The Hall–Kier alpha value is -1.56. The van der Waals surface area contributed by atoms with Gasteiger partial charge in [-0.05, 0) is 55.4 Å². The molecule has 3 heteroatoms. The Balaban J connectivity index is 2.32.